The maximum absolute atomic E-state index is 13.7. The Morgan fingerprint density at radius 3 is 2.71 bits per heavy atom. The van der Waals surface area contributed by atoms with Crippen LogP contribution in [0.15, 0.2) is 52.9 Å². The molecule has 1 aromatic rings. The van der Waals surface area contributed by atoms with Crippen molar-refractivity contribution in [1.82, 2.24) is 4.90 Å². The average molecular weight is 422 g/mol. The van der Waals surface area contributed by atoms with E-state index in [1.54, 1.807) is 0 Å². The molecular weight excluding hydrogens is 390 g/mol. The van der Waals surface area contributed by atoms with Crippen LogP contribution in [-0.2, 0) is 14.9 Å². The fraction of sp³-hybridized carbons (Fsp3) is 0.500. The fourth-order valence-electron chi connectivity index (χ4n) is 5.56. The number of likely N-dealkylation sites (N-methyl/N-ethyl adjacent to an activating group) is 1. The van der Waals surface area contributed by atoms with E-state index in [0.29, 0.717) is 19.0 Å². The van der Waals surface area contributed by atoms with Crippen LogP contribution >= 0.6 is 0 Å². The Hall–Kier alpha value is -2.37. The van der Waals surface area contributed by atoms with Crippen LogP contribution in [0.5, 0.6) is 5.75 Å². The number of carbonyl (C=O) groups excluding carboxylic acids is 1. The Balaban J connectivity index is 1.45. The summed E-state index contributed by atoms with van der Waals surface area (Å²) in [4.78, 5) is 16.0. The second-order valence-corrected chi connectivity index (χ2v) is 10.1. The van der Waals surface area contributed by atoms with E-state index in [4.69, 9.17) is 14.2 Å². The second kappa shape index (κ2) is 6.81. The van der Waals surface area contributed by atoms with Gasteiger partial charge in [-0.25, -0.2) is 0 Å². The SMILES string of the molecule is CC1=CCC2C(=C1)N(C)C1=C2C(=O)c2cc(OC[C@H]3COC(C)(C)O3)ccc2C1(C)C. The summed E-state index contributed by atoms with van der Waals surface area (Å²) in [5, 5.41) is 0. The quantitative estimate of drug-likeness (QED) is 0.706. The first kappa shape index (κ1) is 20.5. The molecule has 0 spiro atoms. The highest BCUT2D eigenvalue weighted by Gasteiger charge is 2.49. The minimum Gasteiger partial charge on any atom is -0.491 e. The highest BCUT2D eigenvalue weighted by molar-refractivity contribution is 6.13. The number of hydrogen-bond acceptors (Lipinski definition) is 5. The van der Waals surface area contributed by atoms with Gasteiger partial charge in [0.1, 0.15) is 18.5 Å². The first-order chi connectivity index (χ1) is 14.6. The Morgan fingerprint density at radius 1 is 1.23 bits per heavy atom. The van der Waals surface area contributed by atoms with Gasteiger partial charge in [0, 0.05) is 40.9 Å². The van der Waals surface area contributed by atoms with Crippen LogP contribution in [0, 0.1) is 5.92 Å². The molecule has 0 aromatic heterocycles. The van der Waals surface area contributed by atoms with Gasteiger partial charge < -0.3 is 19.1 Å². The molecule has 5 heteroatoms. The molecule has 2 heterocycles. The Kier molecular flexibility index (Phi) is 4.51. The van der Waals surface area contributed by atoms with Crippen LogP contribution in [0.4, 0.5) is 0 Å². The number of allylic oxidation sites excluding steroid dienone is 5. The van der Waals surface area contributed by atoms with Gasteiger partial charge in [0.25, 0.3) is 0 Å². The normalized spacial score (nSPS) is 28.1. The third-order valence-electron chi connectivity index (χ3n) is 6.98. The molecule has 0 saturated carbocycles. The lowest BCUT2D eigenvalue weighted by molar-refractivity contribution is -0.141. The number of Topliss-reactive ketones (excluding diaryl/α,β-unsaturated/α-hetero) is 1. The van der Waals surface area contributed by atoms with Crippen molar-refractivity contribution >= 4 is 5.78 Å². The topological polar surface area (TPSA) is 48.0 Å². The lowest BCUT2D eigenvalue weighted by atomic mass is 9.69. The zero-order valence-corrected chi connectivity index (χ0v) is 19.2. The van der Waals surface area contributed by atoms with Crippen molar-refractivity contribution in [2.45, 2.75) is 58.3 Å². The molecule has 5 nitrogen and oxygen atoms in total. The molecule has 1 aromatic carbocycles. The molecule has 2 atom stereocenters. The van der Waals surface area contributed by atoms with Crippen LogP contribution < -0.4 is 4.74 Å². The van der Waals surface area contributed by atoms with E-state index >= 15 is 0 Å². The van der Waals surface area contributed by atoms with Gasteiger partial charge in [0.2, 0.25) is 0 Å². The molecule has 0 radical (unpaired) electrons. The van der Waals surface area contributed by atoms with Crippen molar-refractivity contribution in [2.75, 3.05) is 20.3 Å². The number of carbonyl (C=O) groups is 1. The number of rotatable bonds is 3. The maximum atomic E-state index is 13.7. The predicted molar refractivity (Wildman–Crippen MR) is 119 cm³/mol. The van der Waals surface area contributed by atoms with E-state index in [9.17, 15) is 4.79 Å². The zero-order chi connectivity index (χ0) is 22.1. The number of benzene rings is 1. The molecule has 1 saturated heterocycles. The van der Waals surface area contributed by atoms with Crippen molar-refractivity contribution in [3.8, 4) is 5.75 Å². The van der Waals surface area contributed by atoms with Crippen LogP contribution in [0.1, 0.15) is 57.0 Å². The van der Waals surface area contributed by atoms with E-state index in [-0.39, 0.29) is 23.2 Å². The molecule has 2 aliphatic heterocycles. The Bertz CT molecular complexity index is 1060. The van der Waals surface area contributed by atoms with Gasteiger partial charge in [-0.1, -0.05) is 31.6 Å². The summed E-state index contributed by atoms with van der Waals surface area (Å²) in [7, 11) is 2.10. The summed E-state index contributed by atoms with van der Waals surface area (Å²) >= 11 is 0. The first-order valence-electron chi connectivity index (χ1n) is 11.1. The smallest absolute Gasteiger partial charge is 0.191 e. The summed E-state index contributed by atoms with van der Waals surface area (Å²) in [5.74, 6) is 0.394. The fourth-order valence-corrected chi connectivity index (χ4v) is 5.56. The summed E-state index contributed by atoms with van der Waals surface area (Å²) in [6.45, 7) is 11.3. The molecule has 5 rings (SSSR count). The number of fused-ring (bicyclic) bond motifs is 3. The molecule has 31 heavy (non-hydrogen) atoms. The van der Waals surface area contributed by atoms with Crippen LogP contribution in [0.25, 0.3) is 0 Å². The predicted octanol–water partition coefficient (Wildman–Crippen LogP) is 4.74. The molecular formula is C26H31NO4. The van der Waals surface area contributed by atoms with Crippen LogP contribution in [-0.4, -0.2) is 42.8 Å². The molecule has 164 valence electrons. The van der Waals surface area contributed by atoms with E-state index < -0.39 is 5.79 Å². The lowest BCUT2D eigenvalue weighted by Gasteiger charge is -2.37. The van der Waals surface area contributed by atoms with Gasteiger partial charge in [0.15, 0.2) is 11.6 Å². The molecule has 2 aliphatic carbocycles. The number of ether oxygens (including phenoxy) is 3. The van der Waals surface area contributed by atoms with Gasteiger partial charge in [-0.05, 0) is 51.0 Å². The van der Waals surface area contributed by atoms with E-state index in [1.807, 2.05) is 26.0 Å². The third-order valence-corrected chi connectivity index (χ3v) is 6.98. The van der Waals surface area contributed by atoms with E-state index in [2.05, 4.69) is 50.9 Å². The number of hydrogen-bond donors (Lipinski definition) is 0. The minimum absolute atomic E-state index is 0.110. The zero-order valence-electron chi connectivity index (χ0n) is 19.2. The van der Waals surface area contributed by atoms with Crippen molar-refractivity contribution in [1.29, 1.82) is 0 Å². The average Bonchev–Trinajstić information content (AvgIpc) is 3.21. The van der Waals surface area contributed by atoms with Gasteiger partial charge >= 0.3 is 0 Å². The molecule has 1 unspecified atom stereocenters. The summed E-state index contributed by atoms with van der Waals surface area (Å²) < 4.78 is 17.5. The second-order valence-electron chi connectivity index (χ2n) is 10.1. The molecule has 4 aliphatic rings. The maximum Gasteiger partial charge on any atom is 0.191 e. The molecule has 0 bridgehead atoms. The minimum atomic E-state index is -0.570. The highest BCUT2D eigenvalue weighted by Crippen LogP contribution is 2.53. The number of ketones is 1. The number of nitrogens with zero attached hydrogens (tertiary/aromatic N) is 1. The van der Waals surface area contributed by atoms with Crippen molar-refractivity contribution in [3.63, 3.8) is 0 Å². The van der Waals surface area contributed by atoms with Crippen LogP contribution in [0.3, 0.4) is 0 Å². The first-order valence-corrected chi connectivity index (χ1v) is 11.1. The van der Waals surface area contributed by atoms with E-state index in [0.717, 1.165) is 28.8 Å². The van der Waals surface area contributed by atoms with Crippen molar-refractivity contribution < 1.29 is 19.0 Å². The summed E-state index contributed by atoms with van der Waals surface area (Å²) in [6, 6.07) is 5.93. The lowest BCUT2D eigenvalue weighted by Crippen LogP contribution is -2.35. The standard InChI is InChI=1S/C26H31NO4/c1-15-7-9-18-21(11-15)27(6)24-22(18)23(28)19-12-16(8-10-20(19)25(24,2)3)29-13-17-14-30-26(4,5)31-17/h7-8,10-12,17-18H,9,13-14H2,1-6H3/t17-,18?/m0/s1. The van der Waals surface area contributed by atoms with Gasteiger partial charge in [-0.15, -0.1) is 0 Å². The summed E-state index contributed by atoms with van der Waals surface area (Å²) in [5.41, 5.74) is 6.13. The van der Waals surface area contributed by atoms with Crippen molar-refractivity contribution in [2.24, 2.45) is 5.92 Å². The summed E-state index contributed by atoms with van der Waals surface area (Å²) in [6.07, 6.45) is 5.22. The van der Waals surface area contributed by atoms with Gasteiger partial charge in [0.05, 0.1) is 6.61 Å². The highest BCUT2D eigenvalue weighted by atomic mass is 16.7. The van der Waals surface area contributed by atoms with Gasteiger partial charge in [-0.3, -0.25) is 4.79 Å². The van der Waals surface area contributed by atoms with Crippen LogP contribution in [0.2, 0.25) is 0 Å². The molecule has 0 amide bonds. The third kappa shape index (κ3) is 3.17. The van der Waals surface area contributed by atoms with Gasteiger partial charge in [-0.2, -0.15) is 0 Å². The van der Waals surface area contributed by atoms with Crippen molar-refractivity contribution in [3.05, 3.63) is 64.0 Å². The monoisotopic (exact) mass is 421 g/mol. The molecule has 0 N–H and O–H groups in total. The largest absolute Gasteiger partial charge is 0.491 e. The molecule has 1 fully saturated rings. The van der Waals surface area contributed by atoms with E-state index in [1.165, 1.54) is 11.3 Å². The Labute approximate surface area is 184 Å². The Morgan fingerprint density at radius 2 is 2.00 bits per heavy atom.